The summed E-state index contributed by atoms with van der Waals surface area (Å²) in [6.07, 6.45) is 2.71. The second-order valence-corrected chi connectivity index (χ2v) is 8.07. The fourth-order valence-corrected chi connectivity index (χ4v) is 4.53. The smallest absolute Gasteiger partial charge is 0.193 e. The number of benzene rings is 1. The molecule has 29 heavy (non-hydrogen) atoms. The van der Waals surface area contributed by atoms with Gasteiger partial charge in [0.2, 0.25) is 0 Å². The summed E-state index contributed by atoms with van der Waals surface area (Å²) in [5.41, 5.74) is 0.990. The summed E-state index contributed by atoms with van der Waals surface area (Å²) in [6, 6.07) is 7.19. The van der Waals surface area contributed by atoms with Gasteiger partial charge in [0.1, 0.15) is 11.9 Å². The van der Waals surface area contributed by atoms with Crippen molar-refractivity contribution < 1.29 is 13.9 Å². The lowest BCUT2D eigenvalue weighted by atomic mass is 10.1. The second-order valence-electron chi connectivity index (χ2n) is 8.07. The van der Waals surface area contributed by atoms with Gasteiger partial charge in [-0.05, 0) is 44.0 Å². The lowest BCUT2D eigenvalue weighted by Crippen LogP contribution is -2.54. The van der Waals surface area contributed by atoms with Crippen molar-refractivity contribution >= 4 is 29.9 Å². The Hall–Kier alpha value is -0.970. The van der Waals surface area contributed by atoms with Crippen molar-refractivity contribution in [2.75, 3.05) is 46.4 Å². The van der Waals surface area contributed by atoms with Crippen LogP contribution in [0.1, 0.15) is 31.4 Å². The molecule has 1 aromatic carbocycles. The van der Waals surface area contributed by atoms with Crippen LogP contribution in [0.15, 0.2) is 29.3 Å². The first-order valence-corrected chi connectivity index (χ1v) is 10.3. The molecule has 0 amide bonds. The van der Waals surface area contributed by atoms with E-state index in [4.69, 9.17) is 9.47 Å². The number of morpholine rings is 2. The summed E-state index contributed by atoms with van der Waals surface area (Å²) in [5.74, 6) is 0.643. The number of nitrogens with one attached hydrogen (secondary N) is 1. The summed E-state index contributed by atoms with van der Waals surface area (Å²) < 4.78 is 25.4. The van der Waals surface area contributed by atoms with E-state index in [0.717, 1.165) is 37.8 Å². The molecule has 3 saturated heterocycles. The van der Waals surface area contributed by atoms with Gasteiger partial charge < -0.3 is 19.7 Å². The Bertz CT molecular complexity index is 690. The van der Waals surface area contributed by atoms with Gasteiger partial charge in [-0.1, -0.05) is 12.1 Å². The Morgan fingerprint density at radius 2 is 2.03 bits per heavy atom. The lowest BCUT2D eigenvalue weighted by molar-refractivity contribution is -0.0618. The zero-order valence-electron chi connectivity index (χ0n) is 17.2. The number of hydrogen-bond donors (Lipinski definition) is 1. The highest BCUT2D eigenvalue weighted by Gasteiger charge is 2.33. The van der Waals surface area contributed by atoms with Crippen molar-refractivity contribution in [3.05, 3.63) is 35.6 Å². The first-order valence-electron chi connectivity index (χ1n) is 10.3. The average Bonchev–Trinajstić information content (AvgIpc) is 3.16. The summed E-state index contributed by atoms with van der Waals surface area (Å²) in [5, 5.41) is 3.50. The molecule has 0 aliphatic carbocycles. The normalized spacial score (nSPS) is 30.6. The molecule has 0 radical (unpaired) electrons. The van der Waals surface area contributed by atoms with Gasteiger partial charge in [-0.2, -0.15) is 0 Å². The monoisotopic (exact) mass is 518 g/mol. The summed E-state index contributed by atoms with van der Waals surface area (Å²) in [7, 11) is 1.81. The summed E-state index contributed by atoms with van der Waals surface area (Å²) >= 11 is 0. The number of nitrogens with zero attached hydrogens (tertiary/aromatic N) is 3. The number of ether oxygens (including phenoxy) is 2. The summed E-state index contributed by atoms with van der Waals surface area (Å²) in [6.45, 7) is 7.31. The Labute approximate surface area is 189 Å². The Kier molecular flexibility index (Phi) is 8.12. The Morgan fingerprint density at radius 3 is 2.79 bits per heavy atom. The van der Waals surface area contributed by atoms with Crippen molar-refractivity contribution in [3.63, 3.8) is 0 Å². The molecule has 4 rings (SSSR count). The first-order chi connectivity index (χ1) is 13.6. The van der Waals surface area contributed by atoms with Gasteiger partial charge in [0.15, 0.2) is 5.96 Å². The molecule has 0 saturated carbocycles. The van der Waals surface area contributed by atoms with E-state index in [9.17, 15) is 4.39 Å². The molecule has 4 atom stereocenters. The highest BCUT2D eigenvalue weighted by atomic mass is 127. The molecule has 1 aromatic rings. The quantitative estimate of drug-likeness (QED) is 0.379. The number of aliphatic imine (C=N–C) groups is 1. The molecule has 3 aliphatic heterocycles. The zero-order chi connectivity index (χ0) is 19.5. The van der Waals surface area contributed by atoms with Crippen LogP contribution in [0.25, 0.3) is 0 Å². The van der Waals surface area contributed by atoms with Gasteiger partial charge in [-0.25, -0.2) is 4.39 Å². The predicted molar refractivity (Wildman–Crippen MR) is 122 cm³/mol. The maximum absolute atomic E-state index is 13.3. The third-order valence-electron chi connectivity index (χ3n) is 5.96. The third-order valence-corrected chi connectivity index (χ3v) is 5.96. The Balaban J connectivity index is 0.00000240. The number of hydrogen-bond acceptors (Lipinski definition) is 4. The van der Waals surface area contributed by atoms with E-state index in [1.165, 1.54) is 31.5 Å². The average molecular weight is 518 g/mol. The highest BCUT2D eigenvalue weighted by Crippen LogP contribution is 2.26. The molecule has 3 aliphatic rings. The number of fused-ring (bicyclic) bond motifs is 1. The predicted octanol–water partition coefficient (Wildman–Crippen LogP) is 2.64. The fraction of sp³-hybridized carbons (Fsp3) is 0.667. The van der Waals surface area contributed by atoms with E-state index < -0.39 is 0 Å². The van der Waals surface area contributed by atoms with Gasteiger partial charge in [0.05, 0.1) is 25.4 Å². The topological polar surface area (TPSA) is 49.3 Å². The molecule has 4 unspecified atom stereocenters. The minimum Gasteiger partial charge on any atom is -0.373 e. The number of halogens is 2. The van der Waals surface area contributed by atoms with Crippen LogP contribution in [-0.4, -0.2) is 80.4 Å². The van der Waals surface area contributed by atoms with E-state index in [-0.39, 0.29) is 48.1 Å². The van der Waals surface area contributed by atoms with Crippen LogP contribution in [0.2, 0.25) is 0 Å². The molecule has 8 heteroatoms. The molecule has 0 spiro atoms. The van der Waals surface area contributed by atoms with E-state index in [1.54, 1.807) is 12.1 Å². The SMILES string of the molecule is CN=C(NCC1CN2CCCC2CO1)N1CC(C)OC(c2ccc(F)cc2)C1.I. The maximum Gasteiger partial charge on any atom is 0.193 e. The van der Waals surface area contributed by atoms with Crippen LogP contribution in [0.5, 0.6) is 0 Å². The van der Waals surface area contributed by atoms with Crippen LogP contribution < -0.4 is 5.32 Å². The zero-order valence-corrected chi connectivity index (χ0v) is 19.6. The van der Waals surface area contributed by atoms with E-state index in [1.807, 2.05) is 7.05 Å². The van der Waals surface area contributed by atoms with E-state index >= 15 is 0 Å². The lowest BCUT2D eigenvalue weighted by Gasteiger charge is -2.40. The minimum atomic E-state index is -0.227. The fourth-order valence-electron chi connectivity index (χ4n) is 4.53. The maximum atomic E-state index is 13.3. The van der Waals surface area contributed by atoms with Crippen molar-refractivity contribution in [2.24, 2.45) is 4.99 Å². The minimum absolute atomic E-state index is 0. The first kappa shape index (κ1) is 22.7. The van der Waals surface area contributed by atoms with Crippen molar-refractivity contribution in [1.82, 2.24) is 15.1 Å². The highest BCUT2D eigenvalue weighted by molar-refractivity contribution is 14.0. The third kappa shape index (κ3) is 5.59. The molecule has 1 N–H and O–H groups in total. The largest absolute Gasteiger partial charge is 0.373 e. The molecule has 0 aromatic heterocycles. The van der Waals surface area contributed by atoms with Crippen molar-refractivity contribution in [2.45, 2.75) is 44.1 Å². The molecule has 0 bridgehead atoms. The van der Waals surface area contributed by atoms with Crippen molar-refractivity contribution in [3.8, 4) is 0 Å². The number of rotatable bonds is 3. The second kappa shape index (κ2) is 10.4. The standard InChI is InChI=1S/C21H31FN4O2.HI/c1-15-11-26(13-20(28-15)16-5-7-17(22)8-6-16)21(23-2)24-10-19-12-25-9-3-4-18(25)14-27-19;/h5-8,15,18-20H,3-4,9-14H2,1-2H3,(H,23,24);1H. The van der Waals surface area contributed by atoms with Crippen molar-refractivity contribution in [1.29, 1.82) is 0 Å². The van der Waals surface area contributed by atoms with Gasteiger partial charge in [-0.3, -0.25) is 9.89 Å². The molecule has 6 nitrogen and oxygen atoms in total. The Morgan fingerprint density at radius 1 is 1.24 bits per heavy atom. The van der Waals surface area contributed by atoms with Gasteiger partial charge >= 0.3 is 0 Å². The van der Waals surface area contributed by atoms with E-state index in [0.29, 0.717) is 12.6 Å². The van der Waals surface area contributed by atoms with Gasteiger partial charge in [-0.15, -0.1) is 24.0 Å². The van der Waals surface area contributed by atoms with Crippen LogP contribution >= 0.6 is 24.0 Å². The molecule has 162 valence electrons. The van der Waals surface area contributed by atoms with Crippen LogP contribution in [-0.2, 0) is 9.47 Å². The number of guanidine groups is 1. The van der Waals surface area contributed by atoms with Crippen LogP contribution in [0, 0.1) is 5.82 Å². The van der Waals surface area contributed by atoms with Gasteiger partial charge in [0.25, 0.3) is 0 Å². The van der Waals surface area contributed by atoms with E-state index in [2.05, 4.69) is 27.0 Å². The molecular weight excluding hydrogens is 486 g/mol. The molecule has 3 heterocycles. The van der Waals surface area contributed by atoms with Gasteiger partial charge in [0, 0.05) is 32.7 Å². The van der Waals surface area contributed by atoms with Crippen LogP contribution in [0.3, 0.4) is 0 Å². The molecule has 3 fully saturated rings. The molecular formula is C21H32FIN4O2. The van der Waals surface area contributed by atoms with Crippen LogP contribution in [0.4, 0.5) is 4.39 Å². The summed E-state index contributed by atoms with van der Waals surface area (Å²) in [4.78, 5) is 9.27.